The molecule has 0 radical (unpaired) electrons. The maximum absolute atomic E-state index is 13.4. The summed E-state index contributed by atoms with van der Waals surface area (Å²) in [6, 6.07) is 2.11. The summed E-state index contributed by atoms with van der Waals surface area (Å²) in [7, 11) is 0. The largest absolute Gasteiger partial charge is 0.299 e. The highest BCUT2D eigenvalue weighted by Gasteiger charge is 2.12. The molecule has 1 nitrogen and oxygen atoms in total. The van der Waals surface area contributed by atoms with E-state index in [2.05, 4.69) is 11.2 Å². The number of nitrogens with one attached hydrogen (secondary N) is 1. The highest BCUT2D eigenvalue weighted by molar-refractivity contribution is 5.27. The number of hydrogen-bond acceptors (Lipinski definition) is 1. The molecule has 15 heavy (non-hydrogen) atoms. The summed E-state index contributed by atoms with van der Waals surface area (Å²) in [5.41, 5.74) is 0.605. The van der Waals surface area contributed by atoms with Crippen LogP contribution < -0.4 is 5.32 Å². The zero-order valence-corrected chi connectivity index (χ0v) is 8.77. The van der Waals surface area contributed by atoms with E-state index in [9.17, 15) is 8.78 Å². The minimum atomic E-state index is -0.411. The van der Waals surface area contributed by atoms with Crippen LogP contribution in [0.2, 0.25) is 0 Å². The molecule has 0 amide bonds. The van der Waals surface area contributed by atoms with Gasteiger partial charge >= 0.3 is 0 Å². The number of hydrogen-bond donors (Lipinski definition) is 1. The summed E-state index contributed by atoms with van der Waals surface area (Å²) >= 11 is 0. The van der Waals surface area contributed by atoms with Gasteiger partial charge in [-0.25, -0.2) is 8.78 Å². The molecule has 1 aromatic rings. The molecule has 0 aromatic heterocycles. The Bertz CT molecular complexity index is 393. The lowest BCUT2D eigenvalue weighted by molar-refractivity contribution is 0.535. The third-order valence-corrected chi connectivity index (χ3v) is 2.25. The van der Waals surface area contributed by atoms with Gasteiger partial charge in [0.05, 0.1) is 6.54 Å². The van der Waals surface area contributed by atoms with Crippen LogP contribution in [0.15, 0.2) is 12.1 Å². The van der Waals surface area contributed by atoms with Gasteiger partial charge in [0.15, 0.2) is 0 Å². The molecule has 0 spiro atoms. The lowest BCUT2D eigenvalue weighted by Gasteiger charge is -2.14. The second-order valence-corrected chi connectivity index (χ2v) is 3.43. The highest BCUT2D eigenvalue weighted by Crippen LogP contribution is 2.20. The zero-order chi connectivity index (χ0) is 11.4. The van der Waals surface area contributed by atoms with Crippen molar-refractivity contribution >= 4 is 0 Å². The molecule has 0 fully saturated rings. The van der Waals surface area contributed by atoms with E-state index in [1.807, 2.05) is 0 Å². The third kappa shape index (κ3) is 2.77. The summed E-state index contributed by atoms with van der Waals surface area (Å²) in [5, 5.41) is 2.89. The van der Waals surface area contributed by atoms with E-state index >= 15 is 0 Å². The third-order valence-electron chi connectivity index (χ3n) is 2.25. The summed E-state index contributed by atoms with van der Waals surface area (Å²) in [6.07, 6.45) is 5.07. The Morgan fingerprint density at radius 2 is 2.07 bits per heavy atom. The number of terminal acetylenes is 1. The molecule has 0 heterocycles. The van der Waals surface area contributed by atoms with Crippen LogP contribution >= 0.6 is 0 Å². The molecule has 0 saturated carbocycles. The maximum atomic E-state index is 13.4. The first-order valence-corrected chi connectivity index (χ1v) is 4.68. The van der Waals surface area contributed by atoms with E-state index in [1.54, 1.807) is 6.92 Å². The highest BCUT2D eigenvalue weighted by atomic mass is 19.1. The summed E-state index contributed by atoms with van der Waals surface area (Å²) < 4.78 is 26.7. The first kappa shape index (κ1) is 11.7. The standard InChI is InChI=1S/C12H13F2N/c1-4-5-15-9(3)10-7-11(13)8(2)6-12(10)14/h1,6-7,9,15H,5H2,2-3H3. The van der Waals surface area contributed by atoms with Crippen molar-refractivity contribution in [3.05, 3.63) is 34.9 Å². The predicted octanol–water partition coefficient (Wildman–Crippen LogP) is 2.56. The van der Waals surface area contributed by atoms with Crippen molar-refractivity contribution in [2.24, 2.45) is 0 Å². The van der Waals surface area contributed by atoms with Gasteiger partial charge in [0, 0.05) is 11.6 Å². The van der Waals surface area contributed by atoms with E-state index in [-0.39, 0.29) is 6.04 Å². The van der Waals surface area contributed by atoms with Crippen LogP contribution in [0.4, 0.5) is 8.78 Å². The quantitative estimate of drug-likeness (QED) is 0.754. The van der Waals surface area contributed by atoms with Gasteiger partial charge < -0.3 is 0 Å². The Labute approximate surface area is 88.5 Å². The van der Waals surface area contributed by atoms with E-state index in [0.29, 0.717) is 17.7 Å². The molecule has 80 valence electrons. The zero-order valence-electron chi connectivity index (χ0n) is 8.77. The number of halogens is 2. The SMILES string of the molecule is C#CCNC(C)c1cc(F)c(C)cc1F. The van der Waals surface area contributed by atoms with Gasteiger partial charge in [-0.15, -0.1) is 6.42 Å². The number of rotatable bonds is 3. The van der Waals surface area contributed by atoms with Gasteiger partial charge in [0.2, 0.25) is 0 Å². The van der Waals surface area contributed by atoms with Crippen molar-refractivity contribution in [1.29, 1.82) is 0 Å². The first-order valence-electron chi connectivity index (χ1n) is 4.68. The fourth-order valence-electron chi connectivity index (χ4n) is 1.32. The van der Waals surface area contributed by atoms with Crippen molar-refractivity contribution in [3.8, 4) is 12.3 Å². The molecule has 1 N–H and O–H groups in total. The Kier molecular flexibility index (Phi) is 3.81. The van der Waals surface area contributed by atoms with Crippen molar-refractivity contribution in [1.82, 2.24) is 5.32 Å². The average molecular weight is 209 g/mol. The van der Waals surface area contributed by atoms with Crippen LogP contribution in [-0.4, -0.2) is 6.54 Å². The molecule has 0 aliphatic heterocycles. The van der Waals surface area contributed by atoms with Gasteiger partial charge in [-0.2, -0.15) is 0 Å². The van der Waals surface area contributed by atoms with Crippen LogP contribution in [0.3, 0.4) is 0 Å². The molecule has 1 unspecified atom stereocenters. The molecule has 1 aromatic carbocycles. The summed E-state index contributed by atoms with van der Waals surface area (Å²) in [5.74, 6) is 1.57. The van der Waals surface area contributed by atoms with E-state index in [4.69, 9.17) is 6.42 Å². The smallest absolute Gasteiger partial charge is 0.128 e. The van der Waals surface area contributed by atoms with Gasteiger partial charge in [0.25, 0.3) is 0 Å². The van der Waals surface area contributed by atoms with E-state index in [1.165, 1.54) is 19.1 Å². The molecule has 1 atom stereocenters. The van der Waals surface area contributed by atoms with E-state index < -0.39 is 11.6 Å². The Morgan fingerprint density at radius 3 is 2.67 bits per heavy atom. The minimum Gasteiger partial charge on any atom is -0.299 e. The lowest BCUT2D eigenvalue weighted by atomic mass is 10.1. The Hall–Kier alpha value is -1.40. The maximum Gasteiger partial charge on any atom is 0.128 e. The van der Waals surface area contributed by atoms with Crippen molar-refractivity contribution in [2.75, 3.05) is 6.54 Å². The fourth-order valence-corrected chi connectivity index (χ4v) is 1.32. The molecule has 0 bridgehead atoms. The summed E-state index contributed by atoms with van der Waals surface area (Å²) in [6.45, 7) is 3.60. The van der Waals surface area contributed by atoms with E-state index in [0.717, 1.165) is 0 Å². The van der Waals surface area contributed by atoms with Gasteiger partial charge in [-0.1, -0.05) is 5.92 Å². The molecule has 3 heteroatoms. The average Bonchev–Trinajstić information content (AvgIpc) is 2.20. The second-order valence-electron chi connectivity index (χ2n) is 3.43. The normalized spacial score (nSPS) is 12.2. The van der Waals surface area contributed by atoms with Crippen molar-refractivity contribution < 1.29 is 8.78 Å². The van der Waals surface area contributed by atoms with Crippen LogP contribution in [0.1, 0.15) is 24.1 Å². The number of aryl methyl sites for hydroxylation is 1. The first-order chi connectivity index (χ1) is 7.06. The van der Waals surface area contributed by atoms with Crippen LogP contribution in [-0.2, 0) is 0 Å². The second kappa shape index (κ2) is 4.90. The minimum absolute atomic E-state index is 0.295. The molecule has 0 aliphatic rings. The van der Waals surface area contributed by atoms with Crippen LogP contribution in [0.5, 0.6) is 0 Å². The van der Waals surface area contributed by atoms with Gasteiger partial charge in [-0.3, -0.25) is 5.32 Å². The molecular formula is C12H13F2N. The monoisotopic (exact) mass is 209 g/mol. The van der Waals surface area contributed by atoms with Crippen LogP contribution in [0, 0.1) is 30.9 Å². The van der Waals surface area contributed by atoms with Crippen molar-refractivity contribution in [2.45, 2.75) is 19.9 Å². The molecular weight excluding hydrogens is 196 g/mol. The van der Waals surface area contributed by atoms with Crippen molar-refractivity contribution in [3.63, 3.8) is 0 Å². The fraction of sp³-hybridized carbons (Fsp3) is 0.333. The number of benzene rings is 1. The molecule has 0 aliphatic carbocycles. The Balaban J connectivity index is 2.94. The van der Waals surface area contributed by atoms with Gasteiger partial charge in [0.1, 0.15) is 11.6 Å². The molecule has 0 saturated heterocycles. The summed E-state index contributed by atoms with van der Waals surface area (Å²) in [4.78, 5) is 0. The topological polar surface area (TPSA) is 12.0 Å². The molecule has 1 rings (SSSR count). The van der Waals surface area contributed by atoms with Gasteiger partial charge in [-0.05, 0) is 31.5 Å². The predicted molar refractivity (Wildman–Crippen MR) is 56.3 cm³/mol. The lowest BCUT2D eigenvalue weighted by Crippen LogP contribution is -2.20. The Morgan fingerprint density at radius 1 is 1.40 bits per heavy atom. The van der Waals surface area contributed by atoms with Crippen LogP contribution in [0.25, 0.3) is 0 Å².